The first-order valence-electron chi connectivity index (χ1n) is 4.75. The van der Waals surface area contributed by atoms with E-state index < -0.39 is 11.7 Å². The predicted molar refractivity (Wildman–Crippen MR) is 63.3 cm³/mol. The van der Waals surface area contributed by atoms with E-state index in [-0.39, 0.29) is 11.4 Å². The maximum atomic E-state index is 13.5. The summed E-state index contributed by atoms with van der Waals surface area (Å²) in [5.74, 6) is -0.974. The molecule has 0 bridgehead atoms. The number of amides is 1. The second-order valence-electron chi connectivity index (χ2n) is 3.42. The number of hydrogen-bond donors (Lipinski definition) is 1. The number of carbonyl (C=O) groups excluding carboxylic acids is 1. The molecule has 2 aromatic rings. The SMILES string of the molecule is Cc1cnoc1C(=O)Nc1ccc(Br)cc1F. The number of anilines is 1. The van der Waals surface area contributed by atoms with Gasteiger partial charge in [0.1, 0.15) is 5.82 Å². The zero-order chi connectivity index (χ0) is 12.4. The van der Waals surface area contributed by atoms with Gasteiger partial charge < -0.3 is 9.84 Å². The molecule has 0 spiro atoms. The monoisotopic (exact) mass is 298 g/mol. The van der Waals surface area contributed by atoms with Crippen LogP contribution in [0, 0.1) is 12.7 Å². The van der Waals surface area contributed by atoms with Gasteiger partial charge in [0, 0.05) is 10.0 Å². The Morgan fingerprint density at radius 1 is 1.53 bits per heavy atom. The van der Waals surface area contributed by atoms with Crippen molar-refractivity contribution in [2.45, 2.75) is 6.92 Å². The average molecular weight is 299 g/mol. The van der Waals surface area contributed by atoms with Crippen LogP contribution in [-0.2, 0) is 0 Å². The molecule has 0 unspecified atom stereocenters. The zero-order valence-corrected chi connectivity index (χ0v) is 10.4. The summed E-state index contributed by atoms with van der Waals surface area (Å²) in [6.07, 6.45) is 1.42. The van der Waals surface area contributed by atoms with E-state index in [0.717, 1.165) is 0 Å². The highest BCUT2D eigenvalue weighted by Gasteiger charge is 2.15. The third-order valence-corrected chi connectivity index (χ3v) is 2.63. The summed E-state index contributed by atoms with van der Waals surface area (Å²) >= 11 is 3.13. The Kier molecular flexibility index (Phi) is 3.23. The van der Waals surface area contributed by atoms with Crippen LogP contribution in [0.3, 0.4) is 0 Å². The first-order chi connectivity index (χ1) is 8.08. The molecule has 1 heterocycles. The number of nitrogens with one attached hydrogen (secondary N) is 1. The fourth-order valence-corrected chi connectivity index (χ4v) is 1.61. The van der Waals surface area contributed by atoms with Gasteiger partial charge in [-0.15, -0.1) is 0 Å². The van der Waals surface area contributed by atoms with Crippen LogP contribution in [0.5, 0.6) is 0 Å². The topological polar surface area (TPSA) is 55.1 Å². The summed E-state index contributed by atoms with van der Waals surface area (Å²) in [5, 5.41) is 5.90. The molecule has 17 heavy (non-hydrogen) atoms. The van der Waals surface area contributed by atoms with Crippen molar-refractivity contribution in [3.05, 3.63) is 46.0 Å². The number of benzene rings is 1. The molecular formula is C11H8BrFN2O2. The lowest BCUT2D eigenvalue weighted by Gasteiger charge is -2.04. The van der Waals surface area contributed by atoms with Gasteiger partial charge in [-0.25, -0.2) is 4.39 Å². The summed E-state index contributed by atoms with van der Waals surface area (Å²) in [4.78, 5) is 11.7. The van der Waals surface area contributed by atoms with E-state index in [2.05, 4.69) is 26.4 Å². The molecule has 6 heteroatoms. The molecule has 0 radical (unpaired) electrons. The molecule has 0 fully saturated rings. The van der Waals surface area contributed by atoms with Gasteiger partial charge in [0.2, 0.25) is 5.76 Å². The van der Waals surface area contributed by atoms with Crippen LogP contribution < -0.4 is 5.32 Å². The molecule has 4 nitrogen and oxygen atoms in total. The quantitative estimate of drug-likeness (QED) is 0.927. The number of rotatable bonds is 2. The van der Waals surface area contributed by atoms with E-state index in [1.54, 1.807) is 13.0 Å². The van der Waals surface area contributed by atoms with Gasteiger partial charge in [0.05, 0.1) is 11.9 Å². The van der Waals surface area contributed by atoms with E-state index in [9.17, 15) is 9.18 Å². The Morgan fingerprint density at radius 3 is 2.88 bits per heavy atom. The number of nitrogens with zero attached hydrogens (tertiary/aromatic N) is 1. The van der Waals surface area contributed by atoms with E-state index >= 15 is 0 Å². The second kappa shape index (κ2) is 4.67. The molecular weight excluding hydrogens is 291 g/mol. The van der Waals surface area contributed by atoms with Crippen LogP contribution >= 0.6 is 15.9 Å². The summed E-state index contributed by atoms with van der Waals surface area (Å²) in [5.41, 5.74) is 0.689. The van der Waals surface area contributed by atoms with Crippen LogP contribution in [0.2, 0.25) is 0 Å². The lowest BCUT2D eigenvalue weighted by Crippen LogP contribution is -2.13. The first-order valence-corrected chi connectivity index (χ1v) is 5.55. The fraction of sp³-hybridized carbons (Fsp3) is 0.0909. The van der Waals surface area contributed by atoms with Crippen molar-refractivity contribution in [3.8, 4) is 0 Å². The number of aryl methyl sites for hydroxylation is 1. The molecule has 0 saturated carbocycles. The molecule has 0 aliphatic carbocycles. The summed E-state index contributed by atoms with van der Waals surface area (Å²) < 4.78 is 18.8. The Hall–Kier alpha value is -1.69. The largest absolute Gasteiger partial charge is 0.351 e. The molecule has 0 aliphatic heterocycles. The fourth-order valence-electron chi connectivity index (χ4n) is 1.28. The van der Waals surface area contributed by atoms with Crippen molar-refractivity contribution < 1.29 is 13.7 Å². The Bertz CT molecular complexity index is 568. The van der Waals surface area contributed by atoms with Crippen molar-refractivity contribution >= 4 is 27.5 Å². The Balaban J connectivity index is 2.22. The molecule has 1 aromatic heterocycles. The molecule has 0 atom stereocenters. The predicted octanol–water partition coefficient (Wildman–Crippen LogP) is 3.14. The smallest absolute Gasteiger partial charge is 0.294 e. The first kappa shape index (κ1) is 11.8. The van der Waals surface area contributed by atoms with Gasteiger partial charge in [-0.3, -0.25) is 4.79 Å². The van der Waals surface area contributed by atoms with E-state index in [4.69, 9.17) is 4.52 Å². The molecule has 2 rings (SSSR count). The van der Waals surface area contributed by atoms with Gasteiger partial charge in [0.25, 0.3) is 5.91 Å². The average Bonchev–Trinajstić information content (AvgIpc) is 2.68. The van der Waals surface area contributed by atoms with Crippen LogP contribution in [0.4, 0.5) is 10.1 Å². The maximum Gasteiger partial charge on any atom is 0.294 e. The van der Waals surface area contributed by atoms with E-state index in [0.29, 0.717) is 10.0 Å². The third-order valence-electron chi connectivity index (χ3n) is 2.13. The lowest BCUT2D eigenvalue weighted by molar-refractivity contribution is 0.0986. The van der Waals surface area contributed by atoms with Crippen LogP contribution in [0.1, 0.15) is 16.1 Å². The van der Waals surface area contributed by atoms with Crippen molar-refractivity contribution in [1.82, 2.24) is 5.16 Å². The van der Waals surface area contributed by atoms with Gasteiger partial charge in [0.15, 0.2) is 0 Å². The van der Waals surface area contributed by atoms with E-state index in [1.165, 1.54) is 18.3 Å². The minimum absolute atomic E-state index is 0.0762. The van der Waals surface area contributed by atoms with E-state index in [1.807, 2.05) is 0 Å². The van der Waals surface area contributed by atoms with Crippen molar-refractivity contribution in [2.24, 2.45) is 0 Å². The molecule has 0 saturated heterocycles. The van der Waals surface area contributed by atoms with Crippen molar-refractivity contribution in [1.29, 1.82) is 0 Å². The standard InChI is InChI=1S/C11H8BrFN2O2/c1-6-5-14-17-10(6)11(16)15-9-3-2-7(12)4-8(9)13/h2-5H,1H3,(H,15,16). The third kappa shape index (κ3) is 2.52. The molecule has 88 valence electrons. The highest BCUT2D eigenvalue weighted by atomic mass is 79.9. The Morgan fingerprint density at radius 2 is 2.29 bits per heavy atom. The molecule has 1 N–H and O–H groups in total. The van der Waals surface area contributed by atoms with Crippen molar-refractivity contribution in [2.75, 3.05) is 5.32 Å². The minimum Gasteiger partial charge on any atom is -0.351 e. The second-order valence-corrected chi connectivity index (χ2v) is 4.33. The number of hydrogen-bond acceptors (Lipinski definition) is 3. The van der Waals surface area contributed by atoms with Crippen LogP contribution in [0.15, 0.2) is 33.4 Å². The van der Waals surface area contributed by atoms with Crippen LogP contribution in [-0.4, -0.2) is 11.1 Å². The van der Waals surface area contributed by atoms with Gasteiger partial charge in [-0.1, -0.05) is 21.1 Å². The van der Waals surface area contributed by atoms with Crippen molar-refractivity contribution in [3.63, 3.8) is 0 Å². The van der Waals surface area contributed by atoms with Crippen LogP contribution in [0.25, 0.3) is 0 Å². The molecule has 0 aliphatic rings. The maximum absolute atomic E-state index is 13.5. The highest BCUT2D eigenvalue weighted by molar-refractivity contribution is 9.10. The lowest BCUT2D eigenvalue weighted by atomic mass is 10.2. The highest BCUT2D eigenvalue weighted by Crippen LogP contribution is 2.20. The van der Waals surface area contributed by atoms with Gasteiger partial charge >= 0.3 is 0 Å². The zero-order valence-electron chi connectivity index (χ0n) is 8.83. The summed E-state index contributed by atoms with van der Waals surface area (Å²) in [7, 11) is 0. The molecule has 1 amide bonds. The van der Waals surface area contributed by atoms with Gasteiger partial charge in [-0.2, -0.15) is 0 Å². The summed E-state index contributed by atoms with van der Waals surface area (Å²) in [6, 6.07) is 4.36. The number of halogens is 2. The van der Waals surface area contributed by atoms with Gasteiger partial charge in [-0.05, 0) is 25.1 Å². The normalized spacial score (nSPS) is 10.3. The minimum atomic E-state index is -0.527. The number of carbonyl (C=O) groups is 1. The summed E-state index contributed by atoms with van der Waals surface area (Å²) in [6.45, 7) is 1.68. The number of aromatic nitrogens is 1. The Labute approximate surface area is 105 Å². The molecule has 1 aromatic carbocycles.